The second kappa shape index (κ2) is 9.46. The van der Waals surface area contributed by atoms with Crippen LogP contribution in [0.25, 0.3) is 10.9 Å². The monoisotopic (exact) mass is 481 g/mol. The van der Waals surface area contributed by atoms with Crippen molar-refractivity contribution >= 4 is 22.8 Å². The topological polar surface area (TPSA) is 96.5 Å². The van der Waals surface area contributed by atoms with Crippen LogP contribution in [0.4, 0.5) is 13.2 Å². The Morgan fingerprint density at radius 3 is 2.11 bits per heavy atom. The van der Waals surface area contributed by atoms with E-state index in [1.54, 1.807) is 30.3 Å². The largest absolute Gasteiger partial charge is 0.478 e. The Kier molecular flexibility index (Phi) is 6.42. The summed E-state index contributed by atoms with van der Waals surface area (Å²) in [6.45, 7) is -0.196. The molecule has 4 aromatic rings. The van der Waals surface area contributed by atoms with Crippen molar-refractivity contribution < 1.29 is 32.6 Å². The van der Waals surface area contributed by atoms with E-state index in [4.69, 9.17) is 9.84 Å². The van der Waals surface area contributed by atoms with Crippen LogP contribution in [0.15, 0.2) is 77.6 Å². The first-order chi connectivity index (χ1) is 16.6. The Hall–Kier alpha value is -4.40. The van der Waals surface area contributed by atoms with Crippen LogP contribution in [0, 0.1) is 0 Å². The van der Waals surface area contributed by atoms with Gasteiger partial charge in [0.15, 0.2) is 0 Å². The molecule has 0 amide bonds. The number of carbonyl (C=O) groups is 2. The molecular weight excluding hydrogens is 463 g/mol. The lowest BCUT2D eigenvalue weighted by Gasteiger charge is -2.09. The molecule has 0 spiro atoms. The summed E-state index contributed by atoms with van der Waals surface area (Å²) in [6, 6.07) is 16.8. The second-order valence-electron chi connectivity index (χ2n) is 7.88. The lowest BCUT2D eigenvalue weighted by Crippen LogP contribution is -2.13. The number of aromatic carboxylic acids is 1. The molecule has 6 nitrogen and oxygen atoms in total. The quantitative estimate of drug-likeness (QED) is 0.370. The Morgan fingerprint density at radius 1 is 0.857 bits per heavy atom. The predicted molar refractivity (Wildman–Crippen MR) is 121 cm³/mol. The van der Waals surface area contributed by atoms with Crippen LogP contribution in [0.1, 0.15) is 43.0 Å². The molecule has 1 heterocycles. The molecule has 0 radical (unpaired) electrons. The summed E-state index contributed by atoms with van der Waals surface area (Å²) in [5.41, 5.74) is 1.35. The molecule has 0 aliphatic heterocycles. The highest BCUT2D eigenvalue weighted by Gasteiger charge is 2.29. The summed E-state index contributed by atoms with van der Waals surface area (Å²) in [6.07, 6.45) is -4.18. The van der Waals surface area contributed by atoms with Gasteiger partial charge in [0.05, 0.1) is 16.7 Å². The molecule has 178 valence electrons. The van der Waals surface area contributed by atoms with E-state index in [0.717, 1.165) is 17.7 Å². The Labute approximate surface area is 196 Å². The molecule has 0 bridgehead atoms. The number of fused-ring (bicyclic) bond motifs is 1. The number of carbonyl (C=O) groups excluding carboxylic acids is 1. The molecule has 0 unspecified atom stereocenters. The first-order valence-electron chi connectivity index (χ1n) is 10.4. The first kappa shape index (κ1) is 23.7. The van der Waals surface area contributed by atoms with E-state index in [1.807, 2.05) is 0 Å². The van der Waals surface area contributed by atoms with Crippen molar-refractivity contribution in [3.8, 4) is 0 Å². The fourth-order valence-electron chi connectivity index (χ4n) is 3.52. The van der Waals surface area contributed by atoms with Crippen molar-refractivity contribution in [2.24, 2.45) is 0 Å². The number of ether oxygens (including phenoxy) is 1. The summed E-state index contributed by atoms with van der Waals surface area (Å²) in [5.74, 6) is -1.71. The van der Waals surface area contributed by atoms with Gasteiger partial charge in [-0.1, -0.05) is 24.3 Å². The summed E-state index contributed by atoms with van der Waals surface area (Å²) in [5, 5.41) is 9.60. The van der Waals surface area contributed by atoms with Crippen molar-refractivity contribution in [3.63, 3.8) is 0 Å². The van der Waals surface area contributed by atoms with Gasteiger partial charge < -0.3 is 14.8 Å². The van der Waals surface area contributed by atoms with Crippen LogP contribution in [0.2, 0.25) is 0 Å². The van der Waals surface area contributed by atoms with Crippen LogP contribution in [0.3, 0.4) is 0 Å². The van der Waals surface area contributed by atoms with Crippen molar-refractivity contribution in [3.05, 3.63) is 117 Å². The molecule has 0 saturated carbocycles. The van der Waals surface area contributed by atoms with Gasteiger partial charge in [0.25, 0.3) is 5.56 Å². The van der Waals surface area contributed by atoms with Gasteiger partial charge in [0, 0.05) is 17.5 Å². The standard InChI is InChI=1S/C26H18F3NO5/c27-26(28,29)21-8-3-16(4-9-21)14-35-25(34)18-7-10-22-19(12-18)13-20(23(31)30-22)11-15-1-5-17(6-2-15)24(32)33/h1-10,12-13H,11,14H2,(H,30,31)(H,32,33). The number of aromatic amines is 1. The van der Waals surface area contributed by atoms with E-state index in [9.17, 15) is 27.6 Å². The van der Waals surface area contributed by atoms with E-state index in [-0.39, 0.29) is 29.7 Å². The molecule has 4 rings (SSSR count). The molecule has 0 aliphatic carbocycles. The van der Waals surface area contributed by atoms with Crippen molar-refractivity contribution in [2.45, 2.75) is 19.2 Å². The van der Waals surface area contributed by atoms with Crippen molar-refractivity contribution in [1.82, 2.24) is 4.98 Å². The predicted octanol–water partition coefficient (Wildman–Crippen LogP) is 5.19. The van der Waals surface area contributed by atoms with Gasteiger partial charge in [-0.15, -0.1) is 0 Å². The van der Waals surface area contributed by atoms with E-state index in [0.29, 0.717) is 22.0 Å². The van der Waals surface area contributed by atoms with Crippen LogP contribution >= 0.6 is 0 Å². The maximum absolute atomic E-state index is 12.7. The number of hydrogen-bond acceptors (Lipinski definition) is 4. The lowest BCUT2D eigenvalue weighted by atomic mass is 10.0. The fraction of sp³-hybridized carbons (Fsp3) is 0.115. The minimum atomic E-state index is -4.44. The number of H-pyrrole nitrogens is 1. The number of benzene rings is 3. The fourth-order valence-corrected chi connectivity index (χ4v) is 3.52. The first-order valence-corrected chi connectivity index (χ1v) is 10.4. The zero-order valence-electron chi connectivity index (χ0n) is 18.1. The third kappa shape index (κ3) is 5.57. The molecule has 3 aromatic carbocycles. The molecule has 0 atom stereocenters. The number of hydrogen-bond donors (Lipinski definition) is 2. The van der Waals surface area contributed by atoms with E-state index >= 15 is 0 Å². The van der Waals surface area contributed by atoms with Gasteiger partial charge in [0.2, 0.25) is 0 Å². The molecule has 2 N–H and O–H groups in total. The number of nitrogens with one attached hydrogen (secondary N) is 1. The molecule has 9 heteroatoms. The SMILES string of the molecule is O=C(O)c1ccc(Cc2cc3cc(C(=O)OCc4ccc(C(F)(F)F)cc4)ccc3[nH]c2=O)cc1. The summed E-state index contributed by atoms with van der Waals surface area (Å²) < 4.78 is 43.3. The molecule has 0 fully saturated rings. The normalized spacial score (nSPS) is 11.4. The average molecular weight is 481 g/mol. The minimum absolute atomic E-state index is 0.139. The number of esters is 1. The van der Waals surface area contributed by atoms with Crippen LogP contribution in [0.5, 0.6) is 0 Å². The summed E-state index contributed by atoms with van der Waals surface area (Å²) in [7, 11) is 0. The Morgan fingerprint density at radius 2 is 1.49 bits per heavy atom. The molecule has 0 saturated heterocycles. The summed E-state index contributed by atoms with van der Waals surface area (Å²) in [4.78, 5) is 38.7. The average Bonchev–Trinajstić information content (AvgIpc) is 2.83. The van der Waals surface area contributed by atoms with Crippen LogP contribution < -0.4 is 5.56 Å². The number of carboxylic acid groups (broad SMARTS) is 1. The number of rotatable bonds is 6. The number of pyridine rings is 1. The maximum Gasteiger partial charge on any atom is 0.416 e. The lowest BCUT2D eigenvalue weighted by molar-refractivity contribution is -0.137. The molecule has 35 heavy (non-hydrogen) atoms. The zero-order chi connectivity index (χ0) is 25.2. The van der Waals surface area contributed by atoms with Gasteiger partial charge in [-0.25, -0.2) is 9.59 Å². The Bertz CT molecular complexity index is 1460. The molecule has 1 aromatic heterocycles. The number of halogens is 3. The van der Waals surface area contributed by atoms with E-state index in [1.165, 1.54) is 30.3 Å². The third-order valence-electron chi connectivity index (χ3n) is 5.40. The maximum atomic E-state index is 12.7. The second-order valence-corrected chi connectivity index (χ2v) is 7.88. The van der Waals surface area contributed by atoms with Gasteiger partial charge in [0.1, 0.15) is 6.61 Å². The van der Waals surface area contributed by atoms with Crippen LogP contribution in [-0.2, 0) is 23.9 Å². The number of aromatic nitrogens is 1. The third-order valence-corrected chi connectivity index (χ3v) is 5.40. The van der Waals surface area contributed by atoms with Crippen molar-refractivity contribution in [1.29, 1.82) is 0 Å². The van der Waals surface area contributed by atoms with Gasteiger partial charge in [-0.2, -0.15) is 13.2 Å². The summed E-state index contributed by atoms with van der Waals surface area (Å²) >= 11 is 0. The smallest absolute Gasteiger partial charge is 0.416 e. The Balaban J connectivity index is 1.50. The highest BCUT2D eigenvalue weighted by atomic mass is 19.4. The van der Waals surface area contributed by atoms with E-state index < -0.39 is 23.7 Å². The minimum Gasteiger partial charge on any atom is -0.478 e. The van der Waals surface area contributed by atoms with Crippen LogP contribution in [-0.4, -0.2) is 22.0 Å². The van der Waals surface area contributed by atoms with Gasteiger partial charge in [-0.3, -0.25) is 4.79 Å². The zero-order valence-corrected chi connectivity index (χ0v) is 18.1. The van der Waals surface area contributed by atoms with Gasteiger partial charge in [-0.05, 0) is 65.0 Å². The number of carboxylic acids is 1. The van der Waals surface area contributed by atoms with E-state index in [2.05, 4.69) is 4.98 Å². The van der Waals surface area contributed by atoms with Gasteiger partial charge >= 0.3 is 18.1 Å². The van der Waals surface area contributed by atoms with Crippen molar-refractivity contribution in [2.75, 3.05) is 0 Å². The highest BCUT2D eigenvalue weighted by Crippen LogP contribution is 2.29. The number of alkyl halides is 3. The highest BCUT2D eigenvalue weighted by molar-refractivity contribution is 5.94. The molecular formula is C26H18F3NO5. The molecule has 0 aliphatic rings.